The van der Waals surface area contributed by atoms with Crippen LogP contribution >= 0.6 is 0 Å². The second-order valence-corrected chi connectivity index (χ2v) is 4.35. The van der Waals surface area contributed by atoms with Gasteiger partial charge in [0, 0.05) is 0 Å². The average Bonchev–Trinajstić information content (AvgIpc) is 2.55. The van der Waals surface area contributed by atoms with E-state index >= 15 is 0 Å². The standard InChI is InChI=1S/C10H16O/c1-7(2)6-10(11)4-3-8-5-9(8)10/h6,8-9,11H,3-5H2,1-2H3. The molecule has 0 aromatic heterocycles. The number of fused-ring (bicyclic) bond motifs is 1. The van der Waals surface area contributed by atoms with E-state index in [1.807, 2.05) is 0 Å². The van der Waals surface area contributed by atoms with Gasteiger partial charge in [-0.05, 0) is 44.9 Å². The van der Waals surface area contributed by atoms with Crippen LogP contribution in [0.4, 0.5) is 0 Å². The summed E-state index contributed by atoms with van der Waals surface area (Å²) in [5, 5.41) is 10.1. The van der Waals surface area contributed by atoms with Crippen LogP contribution in [0.1, 0.15) is 33.1 Å². The van der Waals surface area contributed by atoms with Crippen molar-refractivity contribution in [3.63, 3.8) is 0 Å². The van der Waals surface area contributed by atoms with Gasteiger partial charge in [0.05, 0.1) is 5.60 Å². The Hall–Kier alpha value is -0.300. The highest BCUT2D eigenvalue weighted by atomic mass is 16.3. The first-order chi connectivity index (χ1) is 5.12. The number of hydrogen-bond donors (Lipinski definition) is 1. The third-order valence-corrected chi connectivity index (χ3v) is 3.02. The lowest BCUT2D eigenvalue weighted by atomic mass is 9.95. The van der Waals surface area contributed by atoms with E-state index in [1.54, 1.807) is 0 Å². The van der Waals surface area contributed by atoms with Crippen molar-refractivity contribution in [2.24, 2.45) is 11.8 Å². The Morgan fingerprint density at radius 3 is 2.64 bits per heavy atom. The number of hydrogen-bond acceptors (Lipinski definition) is 1. The summed E-state index contributed by atoms with van der Waals surface area (Å²) in [6, 6.07) is 0. The van der Waals surface area contributed by atoms with Gasteiger partial charge >= 0.3 is 0 Å². The molecule has 2 saturated carbocycles. The van der Waals surface area contributed by atoms with Gasteiger partial charge in [-0.15, -0.1) is 0 Å². The molecule has 0 aromatic rings. The molecule has 2 aliphatic rings. The van der Waals surface area contributed by atoms with E-state index in [4.69, 9.17) is 0 Å². The minimum Gasteiger partial charge on any atom is -0.385 e. The molecule has 1 heteroatoms. The third kappa shape index (κ3) is 1.12. The van der Waals surface area contributed by atoms with E-state index in [0.29, 0.717) is 5.92 Å². The first-order valence-corrected chi connectivity index (χ1v) is 4.50. The zero-order valence-corrected chi connectivity index (χ0v) is 7.30. The molecular weight excluding hydrogens is 136 g/mol. The normalized spacial score (nSPS) is 46.8. The zero-order chi connectivity index (χ0) is 8.06. The summed E-state index contributed by atoms with van der Waals surface area (Å²) in [4.78, 5) is 0. The summed E-state index contributed by atoms with van der Waals surface area (Å²) in [5.41, 5.74) is 0.837. The Bertz CT molecular complexity index is 203. The molecule has 0 bridgehead atoms. The van der Waals surface area contributed by atoms with Crippen molar-refractivity contribution in [3.05, 3.63) is 11.6 Å². The predicted molar refractivity (Wildman–Crippen MR) is 45.2 cm³/mol. The van der Waals surface area contributed by atoms with Crippen molar-refractivity contribution in [1.29, 1.82) is 0 Å². The van der Waals surface area contributed by atoms with Crippen molar-refractivity contribution in [3.8, 4) is 0 Å². The van der Waals surface area contributed by atoms with Gasteiger partial charge in [0.1, 0.15) is 0 Å². The summed E-state index contributed by atoms with van der Waals surface area (Å²) in [5.74, 6) is 1.47. The van der Waals surface area contributed by atoms with Gasteiger partial charge in [0.15, 0.2) is 0 Å². The number of allylic oxidation sites excluding steroid dienone is 1. The van der Waals surface area contributed by atoms with Crippen LogP contribution in [0.15, 0.2) is 11.6 Å². The minimum atomic E-state index is -0.413. The molecule has 3 atom stereocenters. The van der Waals surface area contributed by atoms with E-state index in [0.717, 1.165) is 12.3 Å². The van der Waals surface area contributed by atoms with Gasteiger partial charge in [-0.2, -0.15) is 0 Å². The van der Waals surface area contributed by atoms with E-state index in [-0.39, 0.29) is 0 Å². The highest BCUT2D eigenvalue weighted by molar-refractivity contribution is 5.19. The maximum atomic E-state index is 10.1. The van der Waals surface area contributed by atoms with Gasteiger partial charge in [-0.25, -0.2) is 0 Å². The first-order valence-electron chi connectivity index (χ1n) is 4.50. The second kappa shape index (κ2) is 2.10. The lowest BCUT2D eigenvalue weighted by Crippen LogP contribution is -2.25. The first kappa shape index (κ1) is 7.35. The smallest absolute Gasteiger partial charge is 0.0860 e. The fraction of sp³-hybridized carbons (Fsp3) is 0.800. The molecule has 1 nitrogen and oxygen atoms in total. The van der Waals surface area contributed by atoms with Crippen molar-refractivity contribution < 1.29 is 5.11 Å². The molecular formula is C10H16O. The fourth-order valence-corrected chi connectivity index (χ4v) is 2.46. The molecule has 11 heavy (non-hydrogen) atoms. The Labute approximate surface area is 68.1 Å². The lowest BCUT2D eigenvalue weighted by molar-refractivity contribution is 0.0747. The largest absolute Gasteiger partial charge is 0.385 e. The van der Waals surface area contributed by atoms with E-state index in [9.17, 15) is 5.11 Å². The van der Waals surface area contributed by atoms with Gasteiger partial charge in [-0.1, -0.05) is 11.6 Å². The molecule has 2 rings (SSSR count). The summed E-state index contributed by atoms with van der Waals surface area (Å²) in [6.07, 6.45) is 5.56. The third-order valence-electron chi connectivity index (χ3n) is 3.02. The van der Waals surface area contributed by atoms with Crippen LogP contribution in [0, 0.1) is 11.8 Å². The average molecular weight is 152 g/mol. The highest BCUT2D eigenvalue weighted by Gasteiger charge is 2.55. The molecule has 0 amide bonds. The molecule has 0 aliphatic heterocycles. The van der Waals surface area contributed by atoms with Crippen molar-refractivity contribution >= 4 is 0 Å². The Kier molecular flexibility index (Phi) is 1.40. The van der Waals surface area contributed by atoms with E-state index in [1.165, 1.54) is 18.4 Å². The molecule has 2 aliphatic carbocycles. The topological polar surface area (TPSA) is 20.2 Å². The SMILES string of the molecule is CC(C)=CC1(O)CCC2CC21. The van der Waals surface area contributed by atoms with Crippen LogP contribution in [0.2, 0.25) is 0 Å². The van der Waals surface area contributed by atoms with E-state index < -0.39 is 5.60 Å². The summed E-state index contributed by atoms with van der Waals surface area (Å²) in [7, 11) is 0. The quantitative estimate of drug-likeness (QED) is 0.570. The Morgan fingerprint density at radius 1 is 1.55 bits per heavy atom. The Balaban J connectivity index is 2.15. The second-order valence-electron chi connectivity index (χ2n) is 4.35. The van der Waals surface area contributed by atoms with Gasteiger partial charge in [0.25, 0.3) is 0 Å². The van der Waals surface area contributed by atoms with Gasteiger partial charge in [0.2, 0.25) is 0 Å². The van der Waals surface area contributed by atoms with Crippen LogP contribution in [0.25, 0.3) is 0 Å². The zero-order valence-electron chi connectivity index (χ0n) is 7.30. The maximum Gasteiger partial charge on any atom is 0.0860 e. The molecule has 0 saturated heterocycles. The number of aliphatic hydroxyl groups is 1. The predicted octanol–water partition coefficient (Wildman–Crippen LogP) is 2.11. The molecule has 3 unspecified atom stereocenters. The maximum absolute atomic E-state index is 10.1. The summed E-state index contributed by atoms with van der Waals surface area (Å²) < 4.78 is 0. The van der Waals surface area contributed by atoms with Crippen LogP contribution in [0.3, 0.4) is 0 Å². The highest BCUT2D eigenvalue weighted by Crippen LogP contribution is 2.58. The summed E-state index contributed by atoms with van der Waals surface area (Å²) in [6.45, 7) is 4.13. The van der Waals surface area contributed by atoms with Crippen LogP contribution < -0.4 is 0 Å². The number of rotatable bonds is 1. The van der Waals surface area contributed by atoms with Crippen LogP contribution in [0.5, 0.6) is 0 Å². The molecule has 0 spiro atoms. The molecule has 2 fully saturated rings. The molecule has 0 aromatic carbocycles. The van der Waals surface area contributed by atoms with Crippen LogP contribution in [-0.4, -0.2) is 10.7 Å². The Morgan fingerprint density at radius 2 is 2.27 bits per heavy atom. The summed E-state index contributed by atoms with van der Waals surface area (Å²) >= 11 is 0. The monoisotopic (exact) mass is 152 g/mol. The molecule has 62 valence electrons. The fourth-order valence-electron chi connectivity index (χ4n) is 2.46. The van der Waals surface area contributed by atoms with Gasteiger partial charge in [-0.3, -0.25) is 0 Å². The van der Waals surface area contributed by atoms with Crippen LogP contribution in [-0.2, 0) is 0 Å². The van der Waals surface area contributed by atoms with Gasteiger partial charge < -0.3 is 5.11 Å². The van der Waals surface area contributed by atoms with Crippen molar-refractivity contribution in [1.82, 2.24) is 0 Å². The van der Waals surface area contributed by atoms with E-state index in [2.05, 4.69) is 19.9 Å². The van der Waals surface area contributed by atoms with Crippen molar-refractivity contribution in [2.45, 2.75) is 38.7 Å². The lowest BCUT2D eigenvalue weighted by Gasteiger charge is -2.20. The molecule has 1 N–H and O–H groups in total. The minimum absolute atomic E-state index is 0.413. The van der Waals surface area contributed by atoms with Crippen molar-refractivity contribution in [2.75, 3.05) is 0 Å². The molecule has 0 radical (unpaired) electrons. The molecule has 0 heterocycles.